The van der Waals surface area contributed by atoms with Crippen LogP contribution >= 0.6 is 0 Å². The molecule has 0 unspecified atom stereocenters. The minimum atomic E-state index is -0.273. The van der Waals surface area contributed by atoms with E-state index in [0.717, 1.165) is 61.0 Å². The first-order chi connectivity index (χ1) is 13.7. The molecule has 0 N–H and O–H groups in total. The van der Waals surface area contributed by atoms with E-state index in [9.17, 15) is 4.39 Å². The van der Waals surface area contributed by atoms with Gasteiger partial charge in [0.2, 0.25) is 0 Å². The fourth-order valence-electron chi connectivity index (χ4n) is 4.19. The van der Waals surface area contributed by atoms with Crippen molar-refractivity contribution < 1.29 is 9.13 Å². The molecule has 0 radical (unpaired) electrons. The molecule has 0 amide bonds. The van der Waals surface area contributed by atoms with Crippen molar-refractivity contribution >= 4 is 22.4 Å². The van der Waals surface area contributed by atoms with E-state index in [2.05, 4.69) is 32.8 Å². The highest BCUT2D eigenvalue weighted by Gasteiger charge is 2.27. The quantitative estimate of drug-likeness (QED) is 0.682. The number of ether oxygens (including phenoxy) is 1. The molecule has 1 fully saturated rings. The second-order valence-electron chi connectivity index (χ2n) is 7.48. The maximum atomic E-state index is 13.9. The van der Waals surface area contributed by atoms with Gasteiger partial charge in [-0.3, -0.25) is 4.98 Å². The van der Waals surface area contributed by atoms with E-state index in [-0.39, 0.29) is 11.7 Å². The van der Waals surface area contributed by atoms with Gasteiger partial charge in [-0.25, -0.2) is 14.4 Å². The molecule has 144 valence electrons. The molecule has 6 nitrogen and oxygen atoms in total. The van der Waals surface area contributed by atoms with Crippen LogP contribution in [-0.2, 0) is 11.3 Å². The molecule has 1 aromatic carbocycles. The smallest absolute Gasteiger partial charge is 0.140 e. The third-order valence-corrected chi connectivity index (χ3v) is 5.56. The van der Waals surface area contributed by atoms with Crippen molar-refractivity contribution in [2.24, 2.45) is 0 Å². The van der Waals surface area contributed by atoms with Crippen LogP contribution in [0, 0.1) is 5.82 Å². The average molecular weight is 379 g/mol. The Morgan fingerprint density at radius 1 is 1.07 bits per heavy atom. The normalized spacial score (nSPS) is 19.7. The molecule has 5 rings (SSSR count). The van der Waals surface area contributed by atoms with Gasteiger partial charge in [0.1, 0.15) is 18.0 Å². The lowest BCUT2D eigenvalue weighted by Crippen LogP contribution is -2.37. The van der Waals surface area contributed by atoms with Crippen LogP contribution in [0.25, 0.3) is 10.9 Å². The summed E-state index contributed by atoms with van der Waals surface area (Å²) in [6.07, 6.45) is 3.53. The third kappa shape index (κ3) is 3.05. The number of aromatic nitrogens is 3. The number of pyridine rings is 1. The molecular weight excluding hydrogens is 357 g/mol. The number of hydrogen-bond acceptors (Lipinski definition) is 6. The van der Waals surface area contributed by atoms with E-state index in [0.29, 0.717) is 6.54 Å². The molecule has 1 saturated heterocycles. The number of fused-ring (bicyclic) bond motifs is 2. The van der Waals surface area contributed by atoms with Crippen LogP contribution in [-0.4, -0.2) is 47.8 Å². The summed E-state index contributed by atoms with van der Waals surface area (Å²) < 4.78 is 19.3. The molecule has 28 heavy (non-hydrogen) atoms. The lowest BCUT2D eigenvalue weighted by molar-refractivity contribution is 0.122. The summed E-state index contributed by atoms with van der Waals surface area (Å²) in [6.45, 7) is 6.94. The first-order valence-corrected chi connectivity index (χ1v) is 9.66. The SMILES string of the molecule is C[C@H]1CN(c2ncnc3ccc(F)cc23)Cc2cc(N3CCOCC3)cnc21. The van der Waals surface area contributed by atoms with Gasteiger partial charge in [0.25, 0.3) is 0 Å². The van der Waals surface area contributed by atoms with Crippen LogP contribution in [0.2, 0.25) is 0 Å². The molecular formula is C21H22FN5O. The molecule has 2 aliphatic rings. The Morgan fingerprint density at radius 3 is 2.79 bits per heavy atom. The van der Waals surface area contributed by atoms with E-state index < -0.39 is 0 Å². The number of morpholine rings is 1. The van der Waals surface area contributed by atoms with Crippen molar-refractivity contribution in [3.63, 3.8) is 0 Å². The van der Waals surface area contributed by atoms with Crippen molar-refractivity contribution in [1.82, 2.24) is 15.0 Å². The minimum Gasteiger partial charge on any atom is -0.378 e. The molecule has 0 bridgehead atoms. The van der Waals surface area contributed by atoms with Crippen LogP contribution in [0.5, 0.6) is 0 Å². The first-order valence-electron chi connectivity index (χ1n) is 9.66. The van der Waals surface area contributed by atoms with Gasteiger partial charge in [-0.2, -0.15) is 0 Å². The van der Waals surface area contributed by atoms with Gasteiger partial charge >= 0.3 is 0 Å². The van der Waals surface area contributed by atoms with E-state index in [4.69, 9.17) is 9.72 Å². The maximum Gasteiger partial charge on any atom is 0.140 e. The van der Waals surface area contributed by atoms with Gasteiger partial charge in [-0.15, -0.1) is 0 Å². The highest BCUT2D eigenvalue weighted by Crippen LogP contribution is 2.34. The topological polar surface area (TPSA) is 54.4 Å². The number of halogens is 1. The number of hydrogen-bond donors (Lipinski definition) is 0. The Labute approximate surface area is 163 Å². The second-order valence-corrected chi connectivity index (χ2v) is 7.48. The van der Waals surface area contributed by atoms with Crippen molar-refractivity contribution in [2.75, 3.05) is 42.6 Å². The van der Waals surface area contributed by atoms with Crippen LogP contribution in [0.15, 0.2) is 36.8 Å². The molecule has 4 heterocycles. The number of benzene rings is 1. The summed E-state index contributed by atoms with van der Waals surface area (Å²) in [5, 5.41) is 0.746. The molecule has 0 saturated carbocycles. The zero-order chi connectivity index (χ0) is 19.1. The van der Waals surface area contributed by atoms with Crippen LogP contribution in [0.4, 0.5) is 15.9 Å². The van der Waals surface area contributed by atoms with Gasteiger partial charge in [-0.05, 0) is 29.8 Å². The van der Waals surface area contributed by atoms with Gasteiger partial charge in [0.05, 0.1) is 36.3 Å². The van der Waals surface area contributed by atoms with Gasteiger partial charge in [0, 0.05) is 37.5 Å². The van der Waals surface area contributed by atoms with Crippen LogP contribution in [0.3, 0.4) is 0 Å². The molecule has 3 aromatic rings. The summed E-state index contributed by atoms with van der Waals surface area (Å²) in [5.74, 6) is 0.769. The maximum absolute atomic E-state index is 13.9. The van der Waals surface area contributed by atoms with Crippen molar-refractivity contribution in [1.29, 1.82) is 0 Å². The Balaban J connectivity index is 1.51. The number of rotatable bonds is 2. The highest BCUT2D eigenvalue weighted by atomic mass is 19.1. The van der Waals surface area contributed by atoms with Gasteiger partial charge in [0.15, 0.2) is 0 Å². The van der Waals surface area contributed by atoms with E-state index >= 15 is 0 Å². The van der Waals surface area contributed by atoms with Gasteiger partial charge < -0.3 is 14.5 Å². The number of anilines is 2. The summed E-state index contributed by atoms with van der Waals surface area (Å²) in [6, 6.07) is 6.90. The molecule has 0 spiro atoms. The minimum absolute atomic E-state index is 0.265. The molecule has 7 heteroatoms. The first kappa shape index (κ1) is 17.3. The lowest BCUT2D eigenvalue weighted by atomic mass is 9.95. The van der Waals surface area contributed by atoms with Crippen LogP contribution in [0.1, 0.15) is 24.1 Å². The van der Waals surface area contributed by atoms with E-state index in [1.165, 1.54) is 17.7 Å². The average Bonchev–Trinajstić information content (AvgIpc) is 2.73. The standard InChI is InChI=1S/C21H22FN5O/c1-14-11-27(21-18-9-16(22)2-3-19(18)24-13-25-21)12-15-8-17(10-23-20(14)15)26-4-6-28-7-5-26/h2-3,8-10,13-14H,4-7,11-12H2,1H3/t14-/m0/s1. The largest absolute Gasteiger partial charge is 0.378 e. The van der Waals surface area contributed by atoms with Crippen molar-refractivity contribution in [2.45, 2.75) is 19.4 Å². The zero-order valence-corrected chi connectivity index (χ0v) is 15.8. The Kier molecular flexibility index (Phi) is 4.31. The lowest BCUT2D eigenvalue weighted by Gasteiger charge is -2.35. The Bertz CT molecular complexity index is 1020. The van der Waals surface area contributed by atoms with E-state index in [1.807, 2.05) is 6.20 Å². The predicted molar refractivity (Wildman–Crippen MR) is 106 cm³/mol. The monoisotopic (exact) mass is 379 g/mol. The molecule has 0 aliphatic carbocycles. The predicted octanol–water partition coefficient (Wildman–Crippen LogP) is 3.12. The van der Waals surface area contributed by atoms with Gasteiger partial charge in [-0.1, -0.05) is 6.92 Å². The molecule has 1 atom stereocenters. The van der Waals surface area contributed by atoms with Crippen molar-refractivity contribution in [3.05, 3.63) is 53.9 Å². The third-order valence-electron chi connectivity index (χ3n) is 5.56. The Morgan fingerprint density at radius 2 is 1.93 bits per heavy atom. The summed E-state index contributed by atoms with van der Waals surface area (Å²) in [4.78, 5) is 18.1. The fourth-order valence-corrected chi connectivity index (χ4v) is 4.19. The molecule has 2 aromatic heterocycles. The fraction of sp³-hybridized carbons (Fsp3) is 0.381. The second kappa shape index (κ2) is 6.98. The summed E-state index contributed by atoms with van der Waals surface area (Å²) in [7, 11) is 0. The van der Waals surface area contributed by atoms with Crippen molar-refractivity contribution in [3.8, 4) is 0 Å². The zero-order valence-electron chi connectivity index (χ0n) is 15.8. The van der Waals surface area contributed by atoms with E-state index in [1.54, 1.807) is 12.4 Å². The summed E-state index contributed by atoms with van der Waals surface area (Å²) >= 11 is 0. The summed E-state index contributed by atoms with van der Waals surface area (Å²) in [5.41, 5.74) is 4.23. The number of nitrogens with zero attached hydrogens (tertiary/aromatic N) is 5. The van der Waals surface area contributed by atoms with Crippen LogP contribution < -0.4 is 9.80 Å². The molecule has 2 aliphatic heterocycles. The Hall–Kier alpha value is -2.80. The highest BCUT2D eigenvalue weighted by molar-refractivity contribution is 5.89.